The molecule has 2 unspecified atom stereocenters. The predicted molar refractivity (Wildman–Crippen MR) is 78.7 cm³/mol. The van der Waals surface area contributed by atoms with Gasteiger partial charge in [0.15, 0.2) is 0 Å². The van der Waals surface area contributed by atoms with Crippen molar-refractivity contribution in [2.24, 2.45) is 5.84 Å². The van der Waals surface area contributed by atoms with Crippen LogP contribution in [0.3, 0.4) is 0 Å². The minimum atomic E-state index is 0.199. The van der Waals surface area contributed by atoms with E-state index in [9.17, 15) is 0 Å². The van der Waals surface area contributed by atoms with Gasteiger partial charge in [0.25, 0.3) is 0 Å². The van der Waals surface area contributed by atoms with E-state index in [2.05, 4.69) is 60.9 Å². The molecule has 0 radical (unpaired) electrons. The second-order valence-electron chi connectivity index (χ2n) is 5.34. The first-order valence-corrected chi connectivity index (χ1v) is 6.90. The molecule has 0 heterocycles. The van der Waals surface area contributed by atoms with Gasteiger partial charge in [0.2, 0.25) is 0 Å². The summed E-state index contributed by atoms with van der Waals surface area (Å²) in [7, 11) is 0. The van der Waals surface area contributed by atoms with Crippen LogP contribution in [0.4, 0.5) is 0 Å². The Morgan fingerprint density at radius 3 is 2.63 bits per heavy atom. The van der Waals surface area contributed by atoms with Crippen LogP contribution in [0.5, 0.6) is 0 Å². The summed E-state index contributed by atoms with van der Waals surface area (Å²) < 4.78 is 0. The molecule has 0 saturated heterocycles. The quantitative estimate of drug-likeness (QED) is 0.650. The molecule has 0 bridgehead atoms. The Balaban J connectivity index is 1.99. The van der Waals surface area contributed by atoms with Crippen molar-refractivity contribution in [3.8, 4) is 0 Å². The minimum Gasteiger partial charge on any atom is -0.271 e. The maximum atomic E-state index is 5.86. The van der Waals surface area contributed by atoms with E-state index in [1.165, 1.54) is 28.7 Å². The Kier molecular flexibility index (Phi) is 3.36. The van der Waals surface area contributed by atoms with E-state index in [1.54, 1.807) is 0 Å². The zero-order chi connectivity index (χ0) is 13.2. The standard InChI is InChI=1S/C17H20N2/c1-12-6-2-4-8-14(12)17(19-18)16-11-10-13-7-3-5-9-15(13)16/h2-9,16-17,19H,10-11,18H2,1H3. The summed E-state index contributed by atoms with van der Waals surface area (Å²) in [4.78, 5) is 0. The van der Waals surface area contributed by atoms with Crippen LogP contribution in [0.15, 0.2) is 48.5 Å². The average Bonchev–Trinajstić information content (AvgIpc) is 2.86. The lowest BCUT2D eigenvalue weighted by molar-refractivity contribution is 0.451. The summed E-state index contributed by atoms with van der Waals surface area (Å²) in [5, 5.41) is 0. The first-order valence-electron chi connectivity index (χ1n) is 6.90. The number of hydrogen-bond donors (Lipinski definition) is 2. The number of benzene rings is 2. The van der Waals surface area contributed by atoms with E-state index in [0.717, 1.165) is 6.42 Å². The maximum absolute atomic E-state index is 5.86. The Morgan fingerprint density at radius 2 is 1.84 bits per heavy atom. The van der Waals surface area contributed by atoms with Crippen LogP contribution in [0.2, 0.25) is 0 Å². The molecule has 2 aromatic rings. The van der Waals surface area contributed by atoms with Crippen LogP contribution in [-0.4, -0.2) is 0 Å². The third-order valence-electron chi connectivity index (χ3n) is 4.28. The zero-order valence-corrected chi connectivity index (χ0v) is 11.3. The highest BCUT2D eigenvalue weighted by atomic mass is 15.2. The molecule has 0 spiro atoms. The average molecular weight is 252 g/mol. The molecule has 2 heteroatoms. The summed E-state index contributed by atoms with van der Waals surface area (Å²) in [6, 6.07) is 17.4. The van der Waals surface area contributed by atoms with E-state index in [0.29, 0.717) is 5.92 Å². The number of aryl methyl sites for hydroxylation is 2. The van der Waals surface area contributed by atoms with Crippen molar-refractivity contribution in [3.63, 3.8) is 0 Å². The fourth-order valence-electron chi connectivity index (χ4n) is 3.29. The monoisotopic (exact) mass is 252 g/mol. The van der Waals surface area contributed by atoms with Crippen molar-refractivity contribution in [3.05, 3.63) is 70.8 Å². The lowest BCUT2D eigenvalue weighted by Crippen LogP contribution is -2.32. The first kappa shape index (κ1) is 12.4. The Bertz CT molecular complexity index is 577. The topological polar surface area (TPSA) is 38.0 Å². The third kappa shape index (κ3) is 2.18. The molecule has 3 rings (SSSR count). The van der Waals surface area contributed by atoms with Gasteiger partial charge in [0, 0.05) is 5.92 Å². The van der Waals surface area contributed by atoms with Crippen molar-refractivity contribution in [2.75, 3.05) is 0 Å². The van der Waals surface area contributed by atoms with Gasteiger partial charge in [-0.15, -0.1) is 0 Å². The molecule has 19 heavy (non-hydrogen) atoms. The summed E-state index contributed by atoms with van der Waals surface area (Å²) >= 11 is 0. The van der Waals surface area contributed by atoms with Gasteiger partial charge in [-0.05, 0) is 42.0 Å². The Hall–Kier alpha value is -1.64. The van der Waals surface area contributed by atoms with Gasteiger partial charge >= 0.3 is 0 Å². The first-order chi connectivity index (χ1) is 9.31. The van der Waals surface area contributed by atoms with E-state index in [4.69, 9.17) is 5.84 Å². The van der Waals surface area contributed by atoms with Crippen LogP contribution < -0.4 is 11.3 Å². The summed E-state index contributed by atoms with van der Waals surface area (Å²) in [5.74, 6) is 6.33. The highest BCUT2D eigenvalue weighted by Crippen LogP contribution is 2.41. The van der Waals surface area contributed by atoms with E-state index < -0.39 is 0 Å². The largest absolute Gasteiger partial charge is 0.271 e. The number of nitrogens with two attached hydrogens (primary N) is 1. The van der Waals surface area contributed by atoms with Crippen molar-refractivity contribution < 1.29 is 0 Å². The van der Waals surface area contributed by atoms with Crippen LogP contribution in [0.25, 0.3) is 0 Å². The van der Waals surface area contributed by atoms with E-state index >= 15 is 0 Å². The zero-order valence-electron chi connectivity index (χ0n) is 11.3. The third-order valence-corrected chi connectivity index (χ3v) is 4.28. The summed E-state index contributed by atoms with van der Waals surface area (Å²) in [6.45, 7) is 2.15. The molecule has 1 aliphatic rings. The highest BCUT2D eigenvalue weighted by molar-refractivity contribution is 5.39. The van der Waals surface area contributed by atoms with Crippen LogP contribution >= 0.6 is 0 Å². The summed E-state index contributed by atoms with van der Waals surface area (Å²) in [5.41, 5.74) is 8.58. The van der Waals surface area contributed by atoms with E-state index in [-0.39, 0.29) is 6.04 Å². The molecule has 0 aliphatic heterocycles. The predicted octanol–water partition coefficient (Wildman–Crippen LogP) is 3.23. The van der Waals surface area contributed by atoms with Crippen molar-refractivity contribution >= 4 is 0 Å². The molecule has 98 valence electrons. The highest BCUT2D eigenvalue weighted by Gasteiger charge is 2.30. The molecule has 0 aromatic heterocycles. The Labute approximate surface area is 114 Å². The molecule has 0 saturated carbocycles. The normalized spacial score (nSPS) is 19.2. The van der Waals surface area contributed by atoms with Crippen molar-refractivity contribution in [1.82, 2.24) is 5.43 Å². The summed E-state index contributed by atoms with van der Waals surface area (Å²) in [6.07, 6.45) is 2.33. The number of nitrogens with one attached hydrogen (secondary N) is 1. The second kappa shape index (κ2) is 5.16. The van der Waals surface area contributed by atoms with Gasteiger partial charge in [0.05, 0.1) is 6.04 Å². The molecule has 3 N–H and O–H groups in total. The fraction of sp³-hybridized carbons (Fsp3) is 0.294. The van der Waals surface area contributed by atoms with Crippen molar-refractivity contribution in [2.45, 2.75) is 31.7 Å². The molecule has 2 aromatic carbocycles. The van der Waals surface area contributed by atoms with Gasteiger partial charge in [0.1, 0.15) is 0 Å². The molecule has 1 aliphatic carbocycles. The fourth-order valence-corrected chi connectivity index (χ4v) is 3.29. The molecule has 0 amide bonds. The number of fused-ring (bicyclic) bond motifs is 1. The van der Waals surface area contributed by atoms with Gasteiger partial charge in [-0.3, -0.25) is 11.3 Å². The smallest absolute Gasteiger partial charge is 0.0531 e. The molecular weight excluding hydrogens is 232 g/mol. The molecular formula is C17H20N2. The SMILES string of the molecule is Cc1ccccc1C(NN)C1CCc2ccccc21. The number of hydrogen-bond acceptors (Lipinski definition) is 2. The maximum Gasteiger partial charge on any atom is 0.0531 e. The van der Waals surface area contributed by atoms with Crippen molar-refractivity contribution in [1.29, 1.82) is 0 Å². The number of rotatable bonds is 3. The van der Waals surface area contributed by atoms with Crippen LogP contribution in [0.1, 0.15) is 40.6 Å². The molecule has 2 atom stereocenters. The van der Waals surface area contributed by atoms with Crippen LogP contribution in [0, 0.1) is 6.92 Å². The van der Waals surface area contributed by atoms with Gasteiger partial charge in [-0.2, -0.15) is 0 Å². The van der Waals surface area contributed by atoms with E-state index in [1.807, 2.05) is 0 Å². The van der Waals surface area contributed by atoms with Gasteiger partial charge < -0.3 is 0 Å². The van der Waals surface area contributed by atoms with Crippen LogP contribution in [-0.2, 0) is 6.42 Å². The lowest BCUT2D eigenvalue weighted by Gasteiger charge is -2.25. The minimum absolute atomic E-state index is 0.199. The molecule has 2 nitrogen and oxygen atoms in total. The lowest BCUT2D eigenvalue weighted by atomic mass is 9.87. The number of hydrazine groups is 1. The second-order valence-corrected chi connectivity index (χ2v) is 5.34. The van der Waals surface area contributed by atoms with Gasteiger partial charge in [-0.1, -0.05) is 48.5 Å². The molecule has 0 fully saturated rings. The Morgan fingerprint density at radius 1 is 1.11 bits per heavy atom. The van der Waals surface area contributed by atoms with Gasteiger partial charge in [-0.25, -0.2) is 0 Å².